The van der Waals surface area contributed by atoms with Gasteiger partial charge in [-0.15, -0.1) is 0 Å². The van der Waals surface area contributed by atoms with E-state index >= 15 is 0 Å². The summed E-state index contributed by atoms with van der Waals surface area (Å²) in [4.78, 5) is 27.7. The number of ether oxygens (including phenoxy) is 3. The number of halogens is 1. The average molecular weight is 558 g/mol. The van der Waals surface area contributed by atoms with E-state index in [2.05, 4.69) is 20.1 Å². The van der Waals surface area contributed by atoms with Crippen LogP contribution in [0.25, 0.3) is 22.6 Å². The van der Waals surface area contributed by atoms with Gasteiger partial charge in [0.1, 0.15) is 17.3 Å². The monoisotopic (exact) mass is 557 g/mol. The quantitative estimate of drug-likeness (QED) is 0.267. The fraction of sp³-hybridized carbons (Fsp3) is 0.207. The minimum Gasteiger partial charge on any atom is -0.497 e. The van der Waals surface area contributed by atoms with Crippen LogP contribution in [0.2, 0.25) is 0 Å². The van der Waals surface area contributed by atoms with Crippen molar-refractivity contribution in [3.8, 4) is 23.0 Å². The van der Waals surface area contributed by atoms with Crippen molar-refractivity contribution in [2.75, 3.05) is 33.1 Å². The summed E-state index contributed by atoms with van der Waals surface area (Å²) in [5.41, 5.74) is 8.49. The Bertz CT molecular complexity index is 1660. The molecule has 0 aliphatic carbocycles. The first-order chi connectivity index (χ1) is 20.0. The SMILES string of the molecule is COCCN(Cc1ccc(OC)cc1)C(=O)Oc1cnc(-c2nn(Cc3ccccc3F)c3ncccc23)nc1N. The van der Waals surface area contributed by atoms with E-state index in [1.165, 1.54) is 17.2 Å². The minimum atomic E-state index is -0.635. The summed E-state index contributed by atoms with van der Waals surface area (Å²) < 4.78 is 31.8. The topological polar surface area (TPSA) is 131 Å². The summed E-state index contributed by atoms with van der Waals surface area (Å²) in [5, 5.41) is 5.28. The van der Waals surface area contributed by atoms with Gasteiger partial charge in [-0.1, -0.05) is 30.3 Å². The normalized spacial score (nSPS) is 11.0. The van der Waals surface area contributed by atoms with E-state index in [0.717, 1.165) is 5.56 Å². The third-order valence-electron chi connectivity index (χ3n) is 6.33. The molecule has 0 unspecified atom stereocenters. The van der Waals surface area contributed by atoms with Crippen LogP contribution in [0.5, 0.6) is 11.5 Å². The summed E-state index contributed by atoms with van der Waals surface area (Å²) in [6.45, 7) is 1.05. The molecule has 12 heteroatoms. The molecular formula is C29H28FN7O4. The van der Waals surface area contributed by atoms with Gasteiger partial charge in [0.2, 0.25) is 0 Å². The Morgan fingerprint density at radius 1 is 1.05 bits per heavy atom. The first kappa shape index (κ1) is 27.5. The first-order valence-electron chi connectivity index (χ1n) is 12.7. The van der Waals surface area contributed by atoms with Gasteiger partial charge < -0.3 is 24.8 Å². The average Bonchev–Trinajstić information content (AvgIpc) is 3.36. The van der Waals surface area contributed by atoms with Crippen LogP contribution in [0.1, 0.15) is 11.1 Å². The number of nitrogens with two attached hydrogens (primary N) is 1. The number of aromatic nitrogens is 5. The van der Waals surface area contributed by atoms with E-state index in [9.17, 15) is 9.18 Å². The van der Waals surface area contributed by atoms with Gasteiger partial charge in [0.15, 0.2) is 23.0 Å². The number of carbonyl (C=O) groups excluding carboxylic acids is 1. The third-order valence-corrected chi connectivity index (χ3v) is 6.33. The number of amides is 1. The van der Waals surface area contributed by atoms with Gasteiger partial charge in [0.25, 0.3) is 0 Å². The second kappa shape index (κ2) is 12.4. The zero-order valence-corrected chi connectivity index (χ0v) is 22.5. The van der Waals surface area contributed by atoms with Crippen molar-refractivity contribution >= 4 is 22.9 Å². The highest BCUT2D eigenvalue weighted by Gasteiger charge is 2.21. The van der Waals surface area contributed by atoms with Crippen LogP contribution in [0.3, 0.4) is 0 Å². The molecule has 0 radical (unpaired) electrons. The van der Waals surface area contributed by atoms with Gasteiger partial charge in [0.05, 0.1) is 31.8 Å². The van der Waals surface area contributed by atoms with Gasteiger partial charge >= 0.3 is 6.09 Å². The van der Waals surface area contributed by atoms with Crippen molar-refractivity contribution < 1.29 is 23.4 Å². The molecule has 0 atom stereocenters. The first-order valence-corrected chi connectivity index (χ1v) is 12.7. The summed E-state index contributed by atoms with van der Waals surface area (Å²) in [6.07, 6.45) is 2.32. The van der Waals surface area contributed by atoms with Crippen LogP contribution in [-0.2, 0) is 17.8 Å². The Kier molecular flexibility index (Phi) is 8.30. The van der Waals surface area contributed by atoms with Crippen LogP contribution in [0.4, 0.5) is 15.0 Å². The molecule has 0 spiro atoms. The summed E-state index contributed by atoms with van der Waals surface area (Å²) in [7, 11) is 3.14. The molecule has 0 fully saturated rings. The number of hydrogen-bond acceptors (Lipinski definition) is 9. The minimum absolute atomic E-state index is 0.00381. The third kappa shape index (κ3) is 6.23. The molecule has 41 heavy (non-hydrogen) atoms. The molecule has 0 saturated carbocycles. The Balaban J connectivity index is 1.37. The lowest BCUT2D eigenvalue weighted by Gasteiger charge is -2.22. The zero-order valence-electron chi connectivity index (χ0n) is 22.5. The molecule has 1 amide bonds. The van der Waals surface area contributed by atoms with Gasteiger partial charge in [-0.25, -0.2) is 28.8 Å². The molecule has 0 aliphatic heterocycles. The highest BCUT2D eigenvalue weighted by molar-refractivity contribution is 5.89. The molecule has 11 nitrogen and oxygen atoms in total. The number of carbonyl (C=O) groups is 1. The van der Waals surface area contributed by atoms with E-state index < -0.39 is 6.09 Å². The smallest absolute Gasteiger partial charge is 0.415 e. The van der Waals surface area contributed by atoms with Gasteiger partial charge in [-0.05, 0) is 35.9 Å². The Morgan fingerprint density at radius 2 is 1.85 bits per heavy atom. The Labute approximate surface area is 235 Å². The summed E-state index contributed by atoms with van der Waals surface area (Å²) in [6, 6.07) is 17.4. The fourth-order valence-electron chi connectivity index (χ4n) is 4.20. The number of benzene rings is 2. The fourth-order valence-corrected chi connectivity index (χ4v) is 4.20. The van der Waals surface area contributed by atoms with Crippen molar-refractivity contribution in [3.05, 3.63) is 90.0 Å². The summed E-state index contributed by atoms with van der Waals surface area (Å²) in [5.74, 6) is 0.545. The van der Waals surface area contributed by atoms with E-state index in [-0.39, 0.29) is 36.3 Å². The molecule has 5 rings (SSSR count). The van der Waals surface area contributed by atoms with Crippen molar-refractivity contribution in [2.24, 2.45) is 0 Å². The van der Waals surface area contributed by atoms with Gasteiger partial charge in [0, 0.05) is 32.0 Å². The van der Waals surface area contributed by atoms with Crippen molar-refractivity contribution in [1.82, 2.24) is 29.6 Å². The predicted molar refractivity (Wildman–Crippen MR) is 150 cm³/mol. The van der Waals surface area contributed by atoms with Crippen LogP contribution < -0.4 is 15.2 Å². The lowest BCUT2D eigenvalue weighted by molar-refractivity contribution is 0.120. The number of pyridine rings is 1. The molecular weight excluding hydrogens is 529 g/mol. The number of nitrogen functional groups attached to an aromatic ring is 1. The zero-order chi connectivity index (χ0) is 28.8. The van der Waals surface area contributed by atoms with E-state index in [0.29, 0.717) is 41.2 Å². The standard InChI is InChI=1S/C29H28FN7O4/c1-39-15-14-36(17-19-9-11-21(40-2)12-10-19)29(38)41-24-16-33-27(34-26(24)31)25-22-7-5-13-32-28(22)37(35-25)18-20-6-3-4-8-23(20)30/h3-13,16H,14-15,17-18H2,1-2H3,(H2,31,33,34). The number of methoxy groups -OCH3 is 2. The number of rotatable bonds is 10. The molecule has 0 bridgehead atoms. The molecule has 5 aromatic rings. The highest BCUT2D eigenvalue weighted by atomic mass is 19.1. The van der Waals surface area contributed by atoms with Crippen LogP contribution >= 0.6 is 0 Å². The maximum Gasteiger partial charge on any atom is 0.415 e. The van der Waals surface area contributed by atoms with Gasteiger partial charge in [-0.3, -0.25) is 0 Å². The molecule has 3 aromatic heterocycles. The lowest BCUT2D eigenvalue weighted by Crippen LogP contribution is -2.35. The molecule has 3 heterocycles. The summed E-state index contributed by atoms with van der Waals surface area (Å²) >= 11 is 0. The number of anilines is 1. The second-order valence-corrected chi connectivity index (χ2v) is 9.05. The van der Waals surface area contributed by atoms with Crippen LogP contribution in [0, 0.1) is 5.82 Å². The van der Waals surface area contributed by atoms with E-state index in [1.807, 2.05) is 30.3 Å². The number of hydrogen-bond donors (Lipinski definition) is 1. The van der Waals surface area contributed by atoms with Crippen molar-refractivity contribution in [2.45, 2.75) is 13.1 Å². The molecule has 2 N–H and O–H groups in total. The van der Waals surface area contributed by atoms with Crippen molar-refractivity contribution in [1.29, 1.82) is 0 Å². The van der Waals surface area contributed by atoms with Crippen LogP contribution in [0.15, 0.2) is 73.1 Å². The maximum atomic E-state index is 14.3. The number of fused-ring (bicyclic) bond motifs is 1. The Morgan fingerprint density at radius 3 is 2.59 bits per heavy atom. The molecule has 2 aromatic carbocycles. The molecule has 0 aliphatic rings. The van der Waals surface area contributed by atoms with Crippen molar-refractivity contribution in [3.63, 3.8) is 0 Å². The second-order valence-electron chi connectivity index (χ2n) is 9.05. The van der Waals surface area contributed by atoms with Crippen LogP contribution in [-0.4, -0.2) is 63.1 Å². The molecule has 210 valence electrons. The van der Waals surface area contributed by atoms with E-state index in [1.54, 1.807) is 49.4 Å². The Hall–Kier alpha value is -5.10. The number of nitrogens with zero attached hydrogens (tertiary/aromatic N) is 6. The highest BCUT2D eigenvalue weighted by Crippen LogP contribution is 2.28. The predicted octanol–water partition coefficient (Wildman–Crippen LogP) is 4.31. The van der Waals surface area contributed by atoms with E-state index in [4.69, 9.17) is 19.9 Å². The molecule has 0 saturated heterocycles. The maximum absolute atomic E-state index is 14.3. The lowest BCUT2D eigenvalue weighted by atomic mass is 10.2. The largest absolute Gasteiger partial charge is 0.497 e. The van der Waals surface area contributed by atoms with Gasteiger partial charge in [-0.2, -0.15) is 5.10 Å².